The Balaban J connectivity index is 3.68. The van der Waals surface area contributed by atoms with E-state index in [1.54, 1.807) is 0 Å². The average molecular weight is 845 g/mol. The fourth-order valence-corrected chi connectivity index (χ4v) is 6.61. The second-order valence-electron chi connectivity index (χ2n) is 16.2. The van der Waals surface area contributed by atoms with Gasteiger partial charge in [-0.15, -0.1) is 0 Å². The molecule has 0 aromatic rings. The number of carbonyl (C=O) groups is 2. The molecule has 0 rings (SSSR count). The summed E-state index contributed by atoms with van der Waals surface area (Å²) in [6, 6.07) is 0. The molecule has 1 atom stereocenters. The molecular formula is C56H92O5. The van der Waals surface area contributed by atoms with Gasteiger partial charge in [0.05, 0.1) is 6.61 Å². The van der Waals surface area contributed by atoms with E-state index in [9.17, 15) is 14.7 Å². The van der Waals surface area contributed by atoms with Gasteiger partial charge in [-0.1, -0.05) is 232 Å². The van der Waals surface area contributed by atoms with Crippen molar-refractivity contribution in [3.05, 3.63) is 109 Å². The highest BCUT2D eigenvalue weighted by atomic mass is 16.6. The Hall–Kier alpha value is -3.44. The Morgan fingerprint density at radius 2 is 0.705 bits per heavy atom. The highest BCUT2D eigenvalue weighted by Crippen LogP contribution is 2.15. The second-order valence-corrected chi connectivity index (χ2v) is 16.2. The van der Waals surface area contributed by atoms with E-state index in [0.29, 0.717) is 12.8 Å². The summed E-state index contributed by atoms with van der Waals surface area (Å²) < 4.78 is 10.6. The van der Waals surface area contributed by atoms with Crippen molar-refractivity contribution in [2.75, 3.05) is 13.2 Å². The Morgan fingerprint density at radius 3 is 1.05 bits per heavy atom. The Bertz CT molecular complexity index is 1230. The molecule has 0 saturated heterocycles. The minimum Gasteiger partial charge on any atom is -0.462 e. The number of ether oxygens (including phenoxy) is 2. The van der Waals surface area contributed by atoms with Crippen molar-refractivity contribution in [1.82, 2.24) is 0 Å². The molecule has 0 heterocycles. The largest absolute Gasteiger partial charge is 0.462 e. The number of hydrogen-bond donors (Lipinski definition) is 1. The molecule has 0 bridgehead atoms. The molecule has 61 heavy (non-hydrogen) atoms. The lowest BCUT2D eigenvalue weighted by molar-refractivity contribution is -0.161. The van der Waals surface area contributed by atoms with Crippen molar-refractivity contribution >= 4 is 11.9 Å². The maximum atomic E-state index is 12.2. The molecule has 0 aliphatic rings. The van der Waals surface area contributed by atoms with Crippen molar-refractivity contribution in [3.8, 4) is 0 Å². The lowest BCUT2D eigenvalue weighted by atomic mass is 10.0. The summed E-state index contributed by atoms with van der Waals surface area (Å²) in [5.74, 6) is -0.662. The number of unbranched alkanes of at least 4 members (excludes halogenated alkanes) is 18. The molecule has 0 radical (unpaired) electrons. The molecule has 0 saturated carbocycles. The van der Waals surface area contributed by atoms with Crippen LogP contribution in [-0.4, -0.2) is 36.4 Å². The van der Waals surface area contributed by atoms with Crippen molar-refractivity contribution in [2.24, 2.45) is 0 Å². The Kier molecular flexibility index (Phi) is 48.0. The molecule has 5 heteroatoms. The van der Waals surface area contributed by atoms with Gasteiger partial charge in [0, 0.05) is 12.8 Å². The van der Waals surface area contributed by atoms with Gasteiger partial charge in [0.1, 0.15) is 6.61 Å². The zero-order chi connectivity index (χ0) is 44.2. The quantitative estimate of drug-likeness (QED) is 0.0376. The van der Waals surface area contributed by atoms with E-state index < -0.39 is 6.10 Å². The van der Waals surface area contributed by atoms with E-state index in [2.05, 4.69) is 123 Å². The fraction of sp³-hybridized carbons (Fsp3) is 0.643. The number of allylic oxidation sites excluding steroid dienone is 18. The van der Waals surface area contributed by atoms with E-state index in [1.807, 2.05) is 0 Å². The lowest BCUT2D eigenvalue weighted by Crippen LogP contribution is -2.28. The van der Waals surface area contributed by atoms with Crippen LogP contribution >= 0.6 is 0 Å². The topological polar surface area (TPSA) is 72.8 Å². The SMILES string of the molecule is CC/C=C\C/C=C\C/C=C\C/C=C\C/C=C\C/C=C\C/C=C\C/C=C\C/C=C\CCCC(=O)OC(CO)COC(=O)CCCCCCCCCCCCCCCCCCCC. The van der Waals surface area contributed by atoms with Gasteiger partial charge < -0.3 is 14.6 Å². The minimum absolute atomic E-state index is 0.0932. The third-order valence-electron chi connectivity index (χ3n) is 10.3. The van der Waals surface area contributed by atoms with E-state index in [1.165, 1.54) is 96.3 Å². The number of carbonyl (C=O) groups excluding carboxylic acids is 2. The van der Waals surface area contributed by atoms with Crippen LogP contribution in [0.25, 0.3) is 0 Å². The van der Waals surface area contributed by atoms with E-state index >= 15 is 0 Å². The van der Waals surface area contributed by atoms with Gasteiger partial charge in [-0.2, -0.15) is 0 Å². The molecule has 1 N–H and O–H groups in total. The molecule has 1 unspecified atom stereocenters. The summed E-state index contributed by atoms with van der Waals surface area (Å²) in [7, 11) is 0. The van der Waals surface area contributed by atoms with Gasteiger partial charge in [-0.3, -0.25) is 9.59 Å². The fourth-order valence-electron chi connectivity index (χ4n) is 6.61. The maximum Gasteiger partial charge on any atom is 0.306 e. The number of esters is 2. The summed E-state index contributed by atoms with van der Waals surface area (Å²) in [6.45, 7) is 3.98. The van der Waals surface area contributed by atoms with Crippen molar-refractivity contribution in [1.29, 1.82) is 0 Å². The molecule has 0 amide bonds. The standard InChI is InChI=1S/C56H92O5/c1-3-5-7-9-11-13-15-17-19-21-23-24-25-26-27-28-29-30-31-32-33-35-37-39-41-43-45-47-49-51-56(59)61-54(52-57)53-60-55(58)50-48-46-44-42-40-38-36-34-22-20-18-16-14-12-10-8-6-4-2/h5,7,11,13,17,19,23-24,26-27,29-30,32-33,37,39,43,45,54,57H,3-4,6,8-10,12,14-16,18,20-22,25,28,31,34-36,38,40-42,44,46-53H2,1-2H3/b7-5-,13-11-,19-17-,24-23-,27-26-,30-29-,33-32-,39-37-,45-43-. The van der Waals surface area contributed by atoms with Crippen molar-refractivity contribution < 1.29 is 24.2 Å². The summed E-state index contributed by atoms with van der Waals surface area (Å²) in [6.07, 6.45) is 73.2. The number of hydrogen-bond acceptors (Lipinski definition) is 5. The monoisotopic (exact) mass is 845 g/mol. The van der Waals surface area contributed by atoms with Crippen LogP contribution in [0.4, 0.5) is 0 Å². The molecule has 0 aromatic heterocycles. The third-order valence-corrected chi connectivity index (χ3v) is 10.3. The van der Waals surface area contributed by atoms with Crippen LogP contribution in [0.5, 0.6) is 0 Å². The van der Waals surface area contributed by atoms with Crippen LogP contribution in [0.2, 0.25) is 0 Å². The summed E-state index contributed by atoms with van der Waals surface area (Å²) >= 11 is 0. The molecule has 0 aliphatic carbocycles. The van der Waals surface area contributed by atoms with Crippen LogP contribution in [0.3, 0.4) is 0 Å². The van der Waals surface area contributed by atoms with Gasteiger partial charge in [0.2, 0.25) is 0 Å². The normalized spacial score (nSPS) is 13.2. The van der Waals surface area contributed by atoms with Crippen LogP contribution in [0.1, 0.15) is 213 Å². The predicted octanol–water partition coefficient (Wildman–Crippen LogP) is 16.6. The van der Waals surface area contributed by atoms with E-state index in [0.717, 1.165) is 83.5 Å². The smallest absolute Gasteiger partial charge is 0.306 e. The summed E-state index contributed by atoms with van der Waals surface area (Å²) in [5.41, 5.74) is 0. The van der Waals surface area contributed by atoms with Crippen LogP contribution in [-0.2, 0) is 19.1 Å². The van der Waals surface area contributed by atoms with E-state index in [-0.39, 0.29) is 31.6 Å². The first kappa shape index (κ1) is 57.6. The zero-order valence-electron chi connectivity index (χ0n) is 39.4. The number of aliphatic hydroxyl groups is 1. The Labute approximate surface area is 376 Å². The number of aliphatic hydroxyl groups excluding tert-OH is 1. The lowest BCUT2D eigenvalue weighted by Gasteiger charge is -2.15. The highest BCUT2D eigenvalue weighted by Gasteiger charge is 2.16. The van der Waals surface area contributed by atoms with Crippen molar-refractivity contribution in [3.63, 3.8) is 0 Å². The minimum atomic E-state index is -0.808. The molecule has 5 nitrogen and oxygen atoms in total. The maximum absolute atomic E-state index is 12.2. The Morgan fingerprint density at radius 1 is 0.393 bits per heavy atom. The first-order valence-electron chi connectivity index (χ1n) is 24.9. The first-order chi connectivity index (χ1) is 30.1. The van der Waals surface area contributed by atoms with Gasteiger partial charge in [-0.05, 0) is 77.0 Å². The molecule has 0 aliphatic heterocycles. The van der Waals surface area contributed by atoms with Crippen LogP contribution in [0.15, 0.2) is 109 Å². The van der Waals surface area contributed by atoms with Gasteiger partial charge >= 0.3 is 11.9 Å². The summed E-state index contributed by atoms with van der Waals surface area (Å²) in [5, 5.41) is 9.61. The van der Waals surface area contributed by atoms with E-state index in [4.69, 9.17) is 9.47 Å². The van der Waals surface area contributed by atoms with Gasteiger partial charge in [0.15, 0.2) is 6.10 Å². The molecule has 0 aromatic carbocycles. The van der Waals surface area contributed by atoms with Crippen LogP contribution in [0, 0.1) is 0 Å². The molecular weight excluding hydrogens is 753 g/mol. The molecule has 346 valence electrons. The second kappa shape index (κ2) is 50.9. The summed E-state index contributed by atoms with van der Waals surface area (Å²) in [4.78, 5) is 24.4. The highest BCUT2D eigenvalue weighted by molar-refractivity contribution is 5.70. The zero-order valence-corrected chi connectivity index (χ0v) is 39.4. The van der Waals surface area contributed by atoms with Crippen molar-refractivity contribution in [2.45, 2.75) is 219 Å². The van der Waals surface area contributed by atoms with Gasteiger partial charge in [-0.25, -0.2) is 0 Å². The molecule has 0 fully saturated rings. The third kappa shape index (κ3) is 49.1. The first-order valence-corrected chi connectivity index (χ1v) is 24.9. The van der Waals surface area contributed by atoms with Crippen LogP contribution < -0.4 is 0 Å². The predicted molar refractivity (Wildman–Crippen MR) is 265 cm³/mol. The van der Waals surface area contributed by atoms with Gasteiger partial charge in [0.25, 0.3) is 0 Å². The molecule has 0 spiro atoms. The average Bonchev–Trinajstić information content (AvgIpc) is 3.26. The number of rotatable bonds is 44.